The van der Waals surface area contributed by atoms with Gasteiger partial charge in [0.25, 0.3) is 5.56 Å². The van der Waals surface area contributed by atoms with Crippen LogP contribution in [0.25, 0.3) is 10.9 Å². The predicted molar refractivity (Wildman–Crippen MR) is 79.4 cm³/mol. The van der Waals surface area contributed by atoms with Gasteiger partial charge in [-0.25, -0.2) is 0 Å². The first-order chi connectivity index (χ1) is 9.09. The van der Waals surface area contributed by atoms with E-state index >= 15 is 0 Å². The second-order valence-electron chi connectivity index (χ2n) is 5.10. The van der Waals surface area contributed by atoms with Crippen molar-refractivity contribution in [3.05, 3.63) is 40.2 Å². The van der Waals surface area contributed by atoms with Gasteiger partial charge in [0.2, 0.25) is 0 Å². The van der Waals surface area contributed by atoms with E-state index in [-0.39, 0.29) is 11.6 Å². The van der Waals surface area contributed by atoms with Crippen LogP contribution in [0.2, 0.25) is 0 Å². The Balaban J connectivity index is 2.49. The molecule has 0 amide bonds. The average Bonchev–Trinajstić information content (AvgIpc) is 2.56. The second kappa shape index (κ2) is 4.23. The minimum absolute atomic E-state index is 0.0107. The van der Waals surface area contributed by atoms with Crippen molar-refractivity contribution < 1.29 is 0 Å². The van der Waals surface area contributed by atoms with Gasteiger partial charge >= 0.3 is 0 Å². The van der Waals surface area contributed by atoms with Gasteiger partial charge < -0.3 is 9.88 Å². The summed E-state index contributed by atoms with van der Waals surface area (Å²) in [5.41, 5.74) is 3.39. The Hall–Kier alpha value is -2.10. The van der Waals surface area contributed by atoms with Gasteiger partial charge in [-0.1, -0.05) is 18.2 Å². The maximum atomic E-state index is 12.5. The van der Waals surface area contributed by atoms with Crippen LogP contribution in [0.1, 0.15) is 19.4 Å². The van der Waals surface area contributed by atoms with Crippen LogP contribution in [0.3, 0.4) is 0 Å². The number of aromatic nitrogens is 1. The van der Waals surface area contributed by atoms with E-state index in [4.69, 9.17) is 0 Å². The third kappa shape index (κ3) is 1.75. The zero-order chi connectivity index (χ0) is 13.6. The zero-order valence-corrected chi connectivity index (χ0v) is 11.4. The predicted octanol–water partition coefficient (Wildman–Crippen LogP) is 2.16. The fourth-order valence-electron chi connectivity index (χ4n) is 2.63. The number of para-hydroxylation sites is 1. The number of rotatable bonds is 0. The van der Waals surface area contributed by atoms with Crippen molar-refractivity contribution in [1.29, 1.82) is 0 Å². The molecule has 1 aliphatic rings. The summed E-state index contributed by atoms with van der Waals surface area (Å²) < 4.78 is 1.70. The zero-order valence-electron chi connectivity index (χ0n) is 11.4. The van der Waals surface area contributed by atoms with Gasteiger partial charge in [-0.15, -0.1) is 0 Å². The maximum Gasteiger partial charge on any atom is 0.261 e. The fourth-order valence-corrected chi connectivity index (χ4v) is 2.63. The Labute approximate surface area is 111 Å². The summed E-state index contributed by atoms with van der Waals surface area (Å²) >= 11 is 0. The molecule has 1 atom stereocenters. The summed E-state index contributed by atoms with van der Waals surface area (Å²) in [6.45, 7) is 4.69. The molecule has 2 aromatic rings. The molecule has 19 heavy (non-hydrogen) atoms. The number of pyridine rings is 1. The number of benzene rings is 1. The first-order valence-electron chi connectivity index (χ1n) is 6.49. The van der Waals surface area contributed by atoms with E-state index in [0.29, 0.717) is 12.1 Å². The molecule has 0 radical (unpaired) electrons. The van der Waals surface area contributed by atoms with Gasteiger partial charge in [-0.05, 0) is 19.9 Å². The topological polar surface area (TPSA) is 46.4 Å². The van der Waals surface area contributed by atoms with Crippen molar-refractivity contribution in [2.24, 2.45) is 12.0 Å². The molecule has 0 saturated carbocycles. The van der Waals surface area contributed by atoms with Crippen molar-refractivity contribution in [3.63, 3.8) is 0 Å². The van der Waals surface area contributed by atoms with Gasteiger partial charge in [0, 0.05) is 24.2 Å². The van der Waals surface area contributed by atoms with Crippen LogP contribution in [0.4, 0.5) is 5.69 Å². The van der Waals surface area contributed by atoms with Gasteiger partial charge in [0.05, 0.1) is 23.3 Å². The minimum Gasteiger partial charge on any atom is -0.379 e. The Morgan fingerprint density at radius 2 is 2.11 bits per heavy atom. The SMILES string of the molecule is CC1=NCC(C)Nc2c1c(=O)n(C)c1ccccc21. The van der Waals surface area contributed by atoms with Crippen molar-refractivity contribution in [2.75, 3.05) is 11.9 Å². The standard InChI is InChI=1S/C15H17N3O/c1-9-8-16-10(2)13-14(17-9)11-6-4-5-7-12(11)18(3)15(13)19/h4-7,9,17H,8H2,1-3H3. The minimum atomic E-state index is 0.0107. The molecule has 0 aliphatic carbocycles. The molecule has 0 fully saturated rings. The van der Waals surface area contributed by atoms with E-state index in [2.05, 4.69) is 17.2 Å². The summed E-state index contributed by atoms with van der Waals surface area (Å²) in [7, 11) is 1.81. The second-order valence-corrected chi connectivity index (χ2v) is 5.10. The van der Waals surface area contributed by atoms with E-state index in [1.54, 1.807) is 4.57 Å². The quantitative estimate of drug-likeness (QED) is 0.784. The Bertz CT molecular complexity index is 743. The van der Waals surface area contributed by atoms with Gasteiger partial charge in [-0.3, -0.25) is 9.79 Å². The van der Waals surface area contributed by atoms with Crippen LogP contribution in [0.15, 0.2) is 34.1 Å². The van der Waals surface area contributed by atoms with Crippen molar-refractivity contribution in [2.45, 2.75) is 19.9 Å². The largest absolute Gasteiger partial charge is 0.379 e. The fraction of sp³-hybridized carbons (Fsp3) is 0.333. The highest BCUT2D eigenvalue weighted by Crippen LogP contribution is 2.27. The lowest BCUT2D eigenvalue weighted by molar-refractivity contribution is 0.811. The van der Waals surface area contributed by atoms with Crippen LogP contribution in [-0.2, 0) is 7.05 Å². The molecule has 4 nitrogen and oxygen atoms in total. The lowest BCUT2D eigenvalue weighted by Gasteiger charge is -2.17. The van der Waals surface area contributed by atoms with E-state index in [1.807, 2.05) is 38.2 Å². The third-order valence-corrected chi connectivity index (χ3v) is 3.66. The van der Waals surface area contributed by atoms with Crippen LogP contribution in [0, 0.1) is 0 Å². The molecule has 1 unspecified atom stereocenters. The number of hydrogen-bond donors (Lipinski definition) is 1. The lowest BCUT2D eigenvalue weighted by atomic mass is 10.1. The van der Waals surface area contributed by atoms with Gasteiger partial charge in [0.15, 0.2) is 0 Å². The summed E-state index contributed by atoms with van der Waals surface area (Å²) in [5, 5.41) is 4.51. The molecule has 0 saturated heterocycles. The van der Waals surface area contributed by atoms with Crippen molar-refractivity contribution in [3.8, 4) is 0 Å². The monoisotopic (exact) mass is 255 g/mol. The van der Waals surface area contributed by atoms with Crippen LogP contribution < -0.4 is 10.9 Å². The number of aryl methyl sites for hydroxylation is 1. The Morgan fingerprint density at radius 3 is 2.89 bits per heavy atom. The van der Waals surface area contributed by atoms with E-state index in [9.17, 15) is 4.79 Å². The molecular weight excluding hydrogens is 238 g/mol. The molecule has 1 aromatic carbocycles. The number of hydrogen-bond acceptors (Lipinski definition) is 3. The molecule has 1 aliphatic heterocycles. The summed E-state index contributed by atoms with van der Waals surface area (Å²) in [6, 6.07) is 8.20. The molecule has 0 spiro atoms. The van der Waals surface area contributed by atoms with Crippen molar-refractivity contribution >= 4 is 22.3 Å². The van der Waals surface area contributed by atoms with E-state index in [1.165, 1.54) is 0 Å². The van der Waals surface area contributed by atoms with Gasteiger partial charge in [-0.2, -0.15) is 0 Å². The molecular formula is C15H17N3O. The molecule has 0 bridgehead atoms. The highest BCUT2D eigenvalue weighted by atomic mass is 16.1. The molecule has 3 rings (SSSR count). The molecule has 4 heteroatoms. The first kappa shape index (κ1) is 12.0. The Kier molecular flexibility index (Phi) is 2.66. The number of fused-ring (bicyclic) bond motifs is 3. The normalized spacial score (nSPS) is 18.5. The summed E-state index contributed by atoms with van der Waals surface area (Å²) in [5.74, 6) is 0. The van der Waals surface area contributed by atoms with Gasteiger partial charge in [0.1, 0.15) is 0 Å². The van der Waals surface area contributed by atoms with E-state index < -0.39 is 0 Å². The third-order valence-electron chi connectivity index (χ3n) is 3.66. The number of anilines is 1. The number of nitrogens with zero attached hydrogens (tertiary/aromatic N) is 2. The number of nitrogens with one attached hydrogen (secondary N) is 1. The van der Waals surface area contributed by atoms with Crippen LogP contribution in [-0.4, -0.2) is 22.9 Å². The smallest absolute Gasteiger partial charge is 0.261 e. The van der Waals surface area contributed by atoms with Crippen LogP contribution >= 0.6 is 0 Å². The number of aliphatic imine (C=N–C) groups is 1. The molecule has 98 valence electrons. The highest BCUT2D eigenvalue weighted by Gasteiger charge is 2.20. The Morgan fingerprint density at radius 1 is 1.37 bits per heavy atom. The molecule has 1 N–H and O–H groups in total. The highest BCUT2D eigenvalue weighted by molar-refractivity contribution is 6.10. The summed E-state index contributed by atoms with van der Waals surface area (Å²) in [4.78, 5) is 17.0. The summed E-state index contributed by atoms with van der Waals surface area (Å²) in [6.07, 6.45) is 0. The first-order valence-corrected chi connectivity index (χ1v) is 6.49. The maximum absolute atomic E-state index is 12.5. The molecule has 2 heterocycles. The van der Waals surface area contributed by atoms with Crippen LogP contribution in [0.5, 0.6) is 0 Å². The van der Waals surface area contributed by atoms with Crippen molar-refractivity contribution in [1.82, 2.24) is 4.57 Å². The molecule has 1 aromatic heterocycles. The average molecular weight is 255 g/mol. The van der Waals surface area contributed by atoms with E-state index in [0.717, 1.165) is 22.3 Å². The lowest BCUT2D eigenvalue weighted by Crippen LogP contribution is -2.26.